The first-order chi connectivity index (χ1) is 10.0. The number of hydrogen-bond donors (Lipinski definition) is 2. The molecule has 0 fully saturated rings. The number of urea groups is 1. The molecule has 114 valence electrons. The molecule has 0 aromatic heterocycles. The van der Waals surface area contributed by atoms with Crippen LogP contribution >= 0.6 is 0 Å². The summed E-state index contributed by atoms with van der Waals surface area (Å²) in [6, 6.07) is 6.55. The molecule has 1 aromatic rings. The number of carbonyl (C=O) groups excluding carboxylic acids is 3. The standard InChI is InChI=1S/C14H18N2O5/c1-3-15-14(19)16-12(17)8-21-13(18)9-20-11-6-4-5-10(2)7-11/h4-7H,3,8-9H2,1-2H3,(H2,15,16,17,19). The number of esters is 1. The van der Waals surface area contributed by atoms with E-state index in [-0.39, 0.29) is 6.61 Å². The molecule has 1 aromatic carbocycles. The van der Waals surface area contributed by atoms with Crippen LogP contribution in [0, 0.1) is 6.92 Å². The van der Waals surface area contributed by atoms with Crippen LogP contribution in [0.4, 0.5) is 4.79 Å². The average molecular weight is 294 g/mol. The van der Waals surface area contributed by atoms with Crippen LogP contribution in [-0.2, 0) is 14.3 Å². The minimum Gasteiger partial charge on any atom is -0.482 e. The van der Waals surface area contributed by atoms with E-state index in [1.54, 1.807) is 25.1 Å². The number of aryl methyl sites for hydroxylation is 1. The van der Waals surface area contributed by atoms with Crippen molar-refractivity contribution in [3.63, 3.8) is 0 Å². The lowest BCUT2D eigenvalue weighted by atomic mass is 10.2. The van der Waals surface area contributed by atoms with E-state index in [9.17, 15) is 14.4 Å². The summed E-state index contributed by atoms with van der Waals surface area (Å²) in [5, 5.41) is 4.39. The van der Waals surface area contributed by atoms with E-state index >= 15 is 0 Å². The monoisotopic (exact) mass is 294 g/mol. The number of rotatable bonds is 6. The topological polar surface area (TPSA) is 93.7 Å². The van der Waals surface area contributed by atoms with Gasteiger partial charge in [0.2, 0.25) is 0 Å². The molecule has 7 heteroatoms. The van der Waals surface area contributed by atoms with Crippen LogP contribution in [0.2, 0.25) is 0 Å². The van der Waals surface area contributed by atoms with E-state index in [1.807, 2.05) is 18.3 Å². The SMILES string of the molecule is CCNC(=O)NC(=O)COC(=O)COc1cccc(C)c1. The highest BCUT2D eigenvalue weighted by Crippen LogP contribution is 2.11. The van der Waals surface area contributed by atoms with Crippen molar-refractivity contribution in [2.75, 3.05) is 19.8 Å². The van der Waals surface area contributed by atoms with Crippen molar-refractivity contribution in [2.24, 2.45) is 0 Å². The Morgan fingerprint density at radius 2 is 1.95 bits per heavy atom. The summed E-state index contributed by atoms with van der Waals surface area (Å²) >= 11 is 0. The maximum atomic E-state index is 11.4. The minimum atomic E-state index is -0.704. The molecular weight excluding hydrogens is 276 g/mol. The first-order valence-corrected chi connectivity index (χ1v) is 6.44. The molecule has 3 amide bonds. The Morgan fingerprint density at radius 3 is 2.62 bits per heavy atom. The second kappa shape index (κ2) is 8.57. The lowest BCUT2D eigenvalue weighted by Gasteiger charge is -2.08. The van der Waals surface area contributed by atoms with Gasteiger partial charge in [0.15, 0.2) is 13.2 Å². The molecule has 0 aliphatic rings. The molecule has 0 saturated heterocycles. The van der Waals surface area contributed by atoms with E-state index in [1.165, 1.54) is 0 Å². The smallest absolute Gasteiger partial charge is 0.344 e. The maximum absolute atomic E-state index is 11.4. The van der Waals surface area contributed by atoms with Crippen LogP contribution in [0.3, 0.4) is 0 Å². The quantitative estimate of drug-likeness (QED) is 0.756. The predicted octanol–water partition coefficient (Wildman–Crippen LogP) is 0.763. The van der Waals surface area contributed by atoms with Gasteiger partial charge in [0.25, 0.3) is 5.91 Å². The average Bonchev–Trinajstić information content (AvgIpc) is 2.43. The van der Waals surface area contributed by atoms with Gasteiger partial charge in [-0.1, -0.05) is 12.1 Å². The Bertz CT molecular complexity index is 516. The molecule has 7 nitrogen and oxygen atoms in total. The highest BCUT2D eigenvalue weighted by molar-refractivity contribution is 5.95. The molecular formula is C14H18N2O5. The molecule has 1 rings (SSSR count). The Balaban J connectivity index is 2.25. The summed E-state index contributed by atoms with van der Waals surface area (Å²) in [6.07, 6.45) is 0. The van der Waals surface area contributed by atoms with Crippen LogP contribution in [0.15, 0.2) is 24.3 Å². The number of hydrogen-bond acceptors (Lipinski definition) is 5. The molecule has 0 aliphatic carbocycles. The summed E-state index contributed by atoms with van der Waals surface area (Å²) in [5.41, 5.74) is 1.00. The number of imide groups is 1. The summed E-state index contributed by atoms with van der Waals surface area (Å²) < 4.78 is 9.89. The third-order valence-corrected chi connectivity index (χ3v) is 2.30. The van der Waals surface area contributed by atoms with E-state index in [2.05, 4.69) is 10.1 Å². The van der Waals surface area contributed by atoms with Crippen molar-refractivity contribution in [3.8, 4) is 5.75 Å². The van der Waals surface area contributed by atoms with Crippen molar-refractivity contribution in [2.45, 2.75) is 13.8 Å². The van der Waals surface area contributed by atoms with Gasteiger partial charge in [0.05, 0.1) is 0 Å². The van der Waals surface area contributed by atoms with Gasteiger partial charge in [0.1, 0.15) is 5.75 Å². The Hall–Kier alpha value is -2.57. The fraction of sp³-hybridized carbons (Fsp3) is 0.357. The van der Waals surface area contributed by atoms with Gasteiger partial charge in [-0.15, -0.1) is 0 Å². The number of benzene rings is 1. The molecule has 2 N–H and O–H groups in total. The third-order valence-electron chi connectivity index (χ3n) is 2.30. The van der Waals surface area contributed by atoms with Crippen LogP contribution in [0.1, 0.15) is 12.5 Å². The highest BCUT2D eigenvalue weighted by atomic mass is 16.6. The molecule has 0 aliphatic heterocycles. The summed E-state index contributed by atoms with van der Waals surface area (Å²) in [4.78, 5) is 33.7. The number of amides is 3. The minimum absolute atomic E-state index is 0.308. The summed E-state index contributed by atoms with van der Waals surface area (Å²) in [7, 11) is 0. The molecule has 0 saturated carbocycles. The molecule has 0 unspecified atom stereocenters. The lowest BCUT2D eigenvalue weighted by Crippen LogP contribution is -2.41. The summed E-state index contributed by atoms with van der Waals surface area (Å²) in [6.45, 7) is 3.16. The van der Waals surface area contributed by atoms with Gasteiger partial charge < -0.3 is 14.8 Å². The zero-order valence-electron chi connectivity index (χ0n) is 12.0. The van der Waals surface area contributed by atoms with Crippen molar-refractivity contribution >= 4 is 17.9 Å². The van der Waals surface area contributed by atoms with Crippen molar-refractivity contribution in [1.82, 2.24) is 10.6 Å². The zero-order valence-corrected chi connectivity index (χ0v) is 12.0. The van der Waals surface area contributed by atoms with Crippen LogP contribution in [0.25, 0.3) is 0 Å². The van der Waals surface area contributed by atoms with Gasteiger partial charge >= 0.3 is 12.0 Å². The lowest BCUT2D eigenvalue weighted by molar-refractivity contribution is -0.150. The number of ether oxygens (including phenoxy) is 2. The first kappa shape index (κ1) is 16.5. The number of nitrogens with one attached hydrogen (secondary N) is 2. The van der Waals surface area contributed by atoms with Crippen LogP contribution < -0.4 is 15.4 Å². The van der Waals surface area contributed by atoms with E-state index in [0.717, 1.165) is 5.56 Å². The Labute approximate surface area is 122 Å². The third kappa shape index (κ3) is 6.95. The van der Waals surface area contributed by atoms with Gasteiger partial charge in [-0.25, -0.2) is 9.59 Å². The van der Waals surface area contributed by atoms with Crippen molar-refractivity contribution in [1.29, 1.82) is 0 Å². The second-order valence-electron chi connectivity index (χ2n) is 4.17. The second-order valence-corrected chi connectivity index (χ2v) is 4.17. The van der Waals surface area contributed by atoms with E-state index < -0.39 is 24.5 Å². The first-order valence-electron chi connectivity index (χ1n) is 6.44. The normalized spacial score (nSPS) is 9.62. The Kier molecular flexibility index (Phi) is 6.73. The predicted molar refractivity (Wildman–Crippen MR) is 74.8 cm³/mol. The van der Waals surface area contributed by atoms with Crippen molar-refractivity contribution in [3.05, 3.63) is 29.8 Å². The molecule has 21 heavy (non-hydrogen) atoms. The Morgan fingerprint density at radius 1 is 1.19 bits per heavy atom. The fourth-order valence-corrected chi connectivity index (χ4v) is 1.40. The van der Waals surface area contributed by atoms with Gasteiger partial charge in [0, 0.05) is 6.54 Å². The van der Waals surface area contributed by atoms with Gasteiger partial charge in [-0.2, -0.15) is 0 Å². The van der Waals surface area contributed by atoms with Crippen LogP contribution in [0.5, 0.6) is 5.75 Å². The molecule has 0 spiro atoms. The molecule has 0 atom stereocenters. The molecule has 0 radical (unpaired) electrons. The van der Waals surface area contributed by atoms with Crippen molar-refractivity contribution < 1.29 is 23.9 Å². The number of carbonyl (C=O) groups is 3. The summed E-state index contributed by atoms with van der Waals surface area (Å²) in [5.74, 6) is -0.855. The van der Waals surface area contributed by atoms with E-state index in [0.29, 0.717) is 12.3 Å². The van der Waals surface area contributed by atoms with Gasteiger partial charge in [-0.3, -0.25) is 10.1 Å². The molecule has 0 heterocycles. The maximum Gasteiger partial charge on any atom is 0.344 e. The fourth-order valence-electron chi connectivity index (χ4n) is 1.40. The highest BCUT2D eigenvalue weighted by Gasteiger charge is 2.10. The zero-order chi connectivity index (χ0) is 15.7. The molecule has 0 bridgehead atoms. The van der Waals surface area contributed by atoms with E-state index in [4.69, 9.17) is 4.74 Å². The largest absolute Gasteiger partial charge is 0.482 e. The van der Waals surface area contributed by atoms with Gasteiger partial charge in [-0.05, 0) is 31.5 Å². The van der Waals surface area contributed by atoms with Crippen LogP contribution in [-0.4, -0.2) is 37.7 Å².